The molecule has 0 aliphatic carbocycles. The minimum atomic E-state index is -0.842. The van der Waals surface area contributed by atoms with E-state index >= 15 is 0 Å². The third-order valence-corrected chi connectivity index (χ3v) is 13.9. The Kier molecular flexibility index (Phi) is 56.0. The van der Waals surface area contributed by atoms with Crippen LogP contribution in [-0.4, -0.2) is 47.4 Å². The first-order valence-electron chi connectivity index (χ1n) is 30.3. The molecule has 0 fully saturated rings. The molecular formula is C62H117NO5. The van der Waals surface area contributed by atoms with Crippen LogP contribution in [0.4, 0.5) is 0 Å². The summed E-state index contributed by atoms with van der Waals surface area (Å²) in [6.07, 6.45) is 71.8. The molecular weight excluding hydrogens is 839 g/mol. The second kappa shape index (κ2) is 57.7. The number of allylic oxidation sites excluding steroid dienone is 5. The topological polar surface area (TPSA) is 95.9 Å². The summed E-state index contributed by atoms with van der Waals surface area (Å²) >= 11 is 0. The summed E-state index contributed by atoms with van der Waals surface area (Å²) in [6, 6.07) is -0.626. The van der Waals surface area contributed by atoms with E-state index < -0.39 is 12.1 Å². The van der Waals surface area contributed by atoms with Crippen LogP contribution in [-0.2, 0) is 14.3 Å². The number of carbonyl (C=O) groups is 2. The monoisotopic (exact) mass is 956 g/mol. The molecule has 0 rings (SSSR count). The molecule has 0 aliphatic rings. The number of nitrogens with one attached hydrogen (secondary N) is 1. The fourth-order valence-corrected chi connectivity index (χ4v) is 9.26. The molecule has 1 amide bonds. The number of amides is 1. The van der Waals surface area contributed by atoms with E-state index in [1.807, 2.05) is 6.08 Å². The molecule has 2 unspecified atom stereocenters. The molecule has 6 nitrogen and oxygen atoms in total. The van der Waals surface area contributed by atoms with E-state index in [2.05, 4.69) is 43.5 Å². The smallest absolute Gasteiger partial charge is 0.305 e. The molecule has 6 heteroatoms. The Hall–Kier alpha value is -1.92. The Morgan fingerprint density at radius 1 is 0.412 bits per heavy atom. The zero-order chi connectivity index (χ0) is 49.3. The third-order valence-electron chi connectivity index (χ3n) is 13.9. The molecule has 0 aromatic heterocycles. The maximum absolute atomic E-state index is 12.4. The summed E-state index contributed by atoms with van der Waals surface area (Å²) in [4.78, 5) is 24.5. The summed E-state index contributed by atoms with van der Waals surface area (Å²) in [5.74, 6) is -0.0657. The van der Waals surface area contributed by atoms with Crippen LogP contribution in [0.5, 0.6) is 0 Å². The Bertz CT molecular complexity index is 1100. The van der Waals surface area contributed by atoms with E-state index in [-0.39, 0.29) is 18.5 Å². The fraction of sp³-hybridized carbons (Fsp3) is 0.871. The van der Waals surface area contributed by atoms with Crippen molar-refractivity contribution in [2.75, 3.05) is 13.2 Å². The van der Waals surface area contributed by atoms with Crippen molar-refractivity contribution in [1.82, 2.24) is 5.32 Å². The van der Waals surface area contributed by atoms with E-state index in [0.717, 1.165) is 51.4 Å². The highest BCUT2D eigenvalue weighted by Gasteiger charge is 2.18. The van der Waals surface area contributed by atoms with Crippen LogP contribution >= 0.6 is 0 Å². The summed E-state index contributed by atoms with van der Waals surface area (Å²) in [6.45, 7) is 4.84. The van der Waals surface area contributed by atoms with E-state index in [9.17, 15) is 19.8 Å². The summed E-state index contributed by atoms with van der Waals surface area (Å²) in [5.41, 5.74) is 0. The van der Waals surface area contributed by atoms with Gasteiger partial charge in [-0.15, -0.1) is 0 Å². The molecule has 0 aromatic carbocycles. The maximum Gasteiger partial charge on any atom is 0.305 e. The Morgan fingerprint density at radius 2 is 0.765 bits per heavy atom. The molecule has 400 valence electrons. The van der Waals surface area contributed by atoms with Gasteiger partial charge in [-0.1, -0.05) is 288 Å². The van der Waals surface area contributed by atoms with E-state index in [1.165, 1.54) is 244 Å². The van der Waals surface area contributed by atoms with Gasteiger partial charge in [0.15, 0.2) is 0 Å². The highest BCUT2D eigenvalue weighted by molar-refractivity contribution is 5.76. The summed E-state index contributed by atoms with van der Waals surface area (Å²) < 4.78 is 5.47. The third kappa shape index (κ3) is 53.4. The second-order valence-corrected chi connectivity index (χ2v) is 20.7. The number of ether oxygens (including phenoxy) is 1. The summed E-state index contributed by atoms with van der Waals surface area (Å²) in [7, 11) is 0. The van der Waals surface area contributed by atoms with Crippen LogP contribution in [0.15, 0.2) is 36.5 Å². The SMILES string of the molecule is CCC/C=C\C/C=C\CCCCCCCC(=O)OCCCCCCCCCCCCCCCCCCCCCCCCCCCC(=O)NC(CO)C(O)/C=C/CCCCCCCCCCCCC. The number of aliphatic hydroxyl groups is 2. The number of hydrogen-bond acceptors (Lipinski definition) is 5. The van der Waals surface area contributed by atoms with Crippen molar-refractivity contribution in [2.24, 2.45) is 0 Å². The second-order valence-electron chi connectivity index (χ2n) is 20.7. The molecule has 0 heterocycles. The van der Waals surface area contributed by atoms with Crippen molar-refractivity contribution in [3.8, 4) is 0 Å². The normalized spacial score (nSPS) is 12.8. The first kappa shape index (κ1) is 66.1. The number of unbranched alkanes of at least 4 members (excludes halogenated alkanes) is 41. The Balaban J connectivity index is 3.37. The molecule has 0 aromatic rings. The van der Waals surface area contributed by atoms with Crippen molar-refractivity contribution >= 4 is 11.9 Å². The van der Waals surface area contributed by atoms with Gasteiger partial charge in [-0.05, 0) is 57.8 Å². The van der Waals surface area contributed by atoms with Gasteiger partial charge in [0.05, 0.1) is 25.4 Å². The van der Waals surface area contributed by atoms with E-state index in [4.69, 9.17) is 4.74 Å². The lowest BCUT2D eigenvalue weighted by Gasteiger charge is -2.20. The average Bonchev–Trinajstić information content (AvgIpc) is 3.34. The molecule has 0 aliphatic heterocycles. The fourth-order valence-electron chi connectivity index (χ4n) is 9.26. The lowest BCUT2D eigenvalue weighted by molar-refractivity contribution is -0.143. The molecule has 0 bridgehead atoms. The Labute approximate surface area is 424 Å². The predicted octanol–water partition coefficient (Wildman–Crippen LogP) is 18.8. The molecule has 3 N–H and O–H groups in total. The van der Waals surface area contributed by atoms with Crippen LogP contribution < -0.4 is 5.32 Å². The quantitative estimate of drug-likeness (QED) is 0.0321. The van der Waals surface area contributed by atoms with Crippen LogP contribution in [0.1, 0.15) is 322 Å². The first-order chi connectivity index (χ1) is 33.5. The molecule has 0 saturated carbocycles. The first-order valence-corrected chi connectivity index (χ1v) is 30.3. The number of esters is 1. The molecule has 2 atom stereocenters. The lowest BCUT2D eigenvalue weighted by Crippen LogP contribution is -2.45. The standard InChI is InChI=1S/C62H117NO5/c1-3-5-7-9-11-13-15-30-34-38-42-46-50-54-60(65)59(58-64)63-61(66)55-51-47-43-39-35-32-28-26-24-22-20-18-17-19-21-23-25-27-29-33-37-41-45-49-53-57-68-62(67)56-52-48-44-40-36-31-16-14-12-10-8-6-4-2/h8,10,14,16,50,54,59-60,64-65H,3-7,9,11-13,15,17-49,51-53,55-58H2,1-2H3,(H,63,66)/b10-8-,16-14-,54-50+. The number of rotatable bonds is 56. The van der Waals surface area contributed by atoms with Gasteiger partial charge in [0, 0.05) is 12.8 Å². The number of carbonyl (C=O) groups excluding carboxylic acids is 2. The van der Waals surface area contributed by atoms with Crippen molar-refractivity contribution in [3.05, 3.63) is 36.5 Å². The van der Waals surface area contributed by atoms with Gasteiger partial charge in [0.25, 0.3) is 0 Å². The predicted molar refractivity (Wildman–Crippen MR) is 296 cm³/mol. The van der Waals surface area contributed by atoms with Crippen LogP contribution in [0.2, 0.25) is 0 Å². The highest BCUT2D eigenvalue weighted by Crippen LogP contribution is 2.17. The van der Waals surface area contributed by atoms with Crippen molar-refractivity contribution in [1.29, 1.82) is 0 Å². The van der Waals surface area contributed by atoms with E-state index in [0.29, 0.717) is 19.4 Å². The summed E-state index contributed by atoms with van der Waals surface area (Å²) in [5, 5.41) is 23.1. The average molecular weight is 957 g/mol. The molecule has 68 heavy (non-hydrogen) atoms. The van der Waals surface area contributed by atoms with Crippen LogP contribution in [0.3, 0.4) is 0 Å². The van der Waals surface area contributed by atoms with Crippen LogP contribution in [0.25, 0.3) is 0 Å². The number of hydrogen-bond donors (Lipinski definition) is 3. The molecule has 0 radical (unpaired) electrons. The minimum Gasteiger partial charge on any atom is -0.466 e. The molecule has 0 saturated heterocycles. The lowest BCUT2D eigenvalue weighted by atomic mass is 10.0. The van der Waals surface area contributed by atoms with E-state index in [1.54, 1.807) is 6.08 Å². The zero-order valence-electron chi connectivity index (χ0n) is 45.6. The molecule has 0 spiro atoms. The van der Waals surface area contributed by atoms with Crippen molar-refractivity contribution in [3.63, 3.8) is 0 Å². The Morgan fingerprint density at radius 3 is 1.18 bits per heavy atom. The van der Waals surface area contributed by atoms with Crippen molar-refractivity contribution < 1.29 is 24.5 Å². The maximum atomic E-state index is 12.4. The number of aliphatic hydroxyl groups excluding tert-OH is 2. The van der Waals surface area contributed by atoms with Gasteiger partial charge in [-0.2, -0.15) is 0 Å². The van der Waals surface area contributed by atoms with Gasteiger partial charge < -0.3 is 20.3 Å². The van der Waals surface area contributed by atoms with Gasteiger partial charge in [-0.25, -0.2) is 0 Å². The minimum absolute atomic E-state index is 0.000359. The highest BCUT2D eigenvalue weighted by atomic mass is 16.5. The van der Waals surface area contributed by atoms with Gasteiger partial charge >= 0.3 is 5.97 Å². The van der Waals surface area contributed by atoms with Crippen LogP contribution in [0, 0.1) is 0 Å². The zero-order valence-corrected chi connectivity index (χ0v) is 45.6. The van der Waals surface area contributed by atoms with Gasteiger partial charge in [0.2, 0.25) is 5.91 Å². The van der Waals surface area contributed by atoms with Gasteiger partial charge in [0.1, 0.15) is 0 Å². The van der Waals surface area contributed by atoms with Crippen molar-refractivity contribution in [2.45, 2.75) is 334 Å². The van der Waals surface area contributed by atoms with Gasteiger partial charge in [-0.3, -0.25) is 9.59 Å². The largest absolute Gasteiger partial charge is 0.466 e.